The van der Waals surface area contributed by atoms with Crippen LogP contribution in [0.2, 0.25) is 0 Å². The maximum Gasteiger partial charge on any atom is 0.0261 e. The van der Waals surface area contributed by atoms with Crippen LogP contribution in [0.15, 0.2) is 48.5 Å². The Bertz CT molecular complexity index is 1230. The van der Waals surface area contributed by atoms with Gasteiger partial charge in [0.05, 0.1) is 0 Å². The summed E-state index contributed by atoms with van der Waals surface area (Å²) in [7, 11) is 0. The molecule has 52 heavy (non-hydrogen) atoms. The summed E-state index contributed by atoms with van der Waals surface area (Å²) in [5.74, 6) is 6.47. The van der Waals surface area contributed by atoms with Crippen molar-refractivity contribution < 1.29 is 0 Å². The Kier molecular flexibility index (Phi) is 16.3. The summed E-state index contributed by atoms with van der Waals surface area (Å²) < 4.78 is 0. The van der Waals surface area contributed by atoms with Crippen LogP contribution in [0.5, 0.6) is 0 Å². The molecule has 3 saturated carbocycles. The van der Waals surface area contributed by atoms with Crippen molar-refractivity contribution in [1.29, 1.82) is 0 Å². The van der Waals surface area contributed by atoms with E-state index < -0.39 is 0 Å². The largest absolute Gasteiger partial charge is 0.0622 e. The Hall–Kier alpha value is -1.56. The van der Waals surface area contributed by atoms with E-state index in [4.69, 9.17) is 0 Å². The fraction of sp³-hybridized carbons (Fsp3) is 0.769. The third-order valence-electron chi connectivity index (χ3n) is 16.4. The molecule has 0 amide bonds. The number of rotatable bonds is 8. The Morgan fingerprint density at radius 1 is 0.308 bits per heavy atom. The lowest BCUT2D eigenvalue weighted by atomic mass is 9.56. The molecule has 4 aliphatic rings. The Labute approximate surface area is 326 Å². The minimum absolute atomic E-state index is 0.160. The molecule has 0 saturated heterocycles. The van der Waals surface area contributed by atoms with E-state index in [1.807, 2.05) is 0 Å². The average molecular weight is 713 g/mol. The summed E-state index contributed by atoms with van der Waals surface area (Å²) >= 11 is 0. The standard InChI is InChI=1S/C19H22.C12H24.C11H22.C10H20/c1-13(2)19(14(3)4)17-11-7-5-9-15(17)16-10-6-8-12-18(16)19;1-10(2)12(11(3)4)8-6-5-7-9-12;1-9(2)11(10(3)4)7-5-6-8-11;1-8(2)10(9(3)4)6-5-7-10/h5-14H,1-4H3;10-11H,5-9H2,1-4H3;9-10H,5-8H2,1-4H3;8-9H,5-7H2,1-4H3. The molecule has 0 heteroatoms. The van der Waals surface area contributed by atoms with Gasteiger partial charge in [0.25, 0.3) is 0 Å². The molecule has 296 valence electrons. The normalized spacial score (nSPS) is 20.6. The van der Waals surface area contributed by atoms with Gasteiger partial charge in [0.2, 0.25) is 0 Å². The van der Waals surface area contributed by atoms with Crippen LogP contribution in [0, 0.1) is 63.6 Å². The molecule has 0 radical (unpaired) electrons. The van der Waals surface area contributed by atoms with E-state index in [1.54, 1.807) is 0 Å². The first-order chi connectivity index (χ1) is 24.4. The fourth-order valence-corrected chi connectivity index (χ4v) is 12.5. The van der Waals surface area contributed by atoms with E-state index >= 15 is 0 Å². The lowest BCUT2D eigenvalue weighted by Gasteiger charge is -2.49. The van der Waals surface area contributed by atoms with Crippen molar-refractivity contribution in [2.45, 2.75) is 193 Å². The summed E-state index contributed by atoms with van der Waals surface area (Å²) in [6.45, 7) is 38.1. The molecule has 4 aliphatic carbocycles. The third-order valence-corrected chi connectivity index (χ3v) is 16.4. The molecule has 3 fully saturated rings. The van der Waals surface area contributed by atoms with Gasteiger partial charge in [0.1, 0.15) is 0 Å². The molecule has 2 aromatic rings. The van der Waals surface area contributed by atoms with Crippen molar-refractivity contribution in [3.63, 3.8) is 0 Å². The Morgan fingerprint density at radius 2 is 0.558 bits per heavy atom. The summed E-state index contributed by atoms with van der Waals surface area (Å²) in [4.78, 5) is 0. The van der Waals surface area contributed by atoms with Crippen LogP contribution in [0.1, 0.15) is 199 Å². The van der Waals surface area contributed by atoms with Crippen LogP contribution in [0.25, 0.3) is 11.1 Å². The fourth-order valence-electron chi connectivity index (χ4n) is 12.5. The first kappa shape index (κ1) is 44.8. The minimum Gasteiger partial charge on any atom is -0.0622 e. The van der Waals surface area contributed by atoms with Gasteiger partial charge in [-0.3, -0.25) is 0 Å². The lowest BCUT2D eigenvalue weighted by Crippen LogP contribution is -2.39. The zero-order chi connectivity index (χ0) is 39.1. The molecule has 0 unspecified atom stereocenters. The van der Waals surface area contributed by atoms with Gasteiger partial charge in [0.15, 0.2) is 0 Å². The van der Waals surface area contributed by atoms with Gasteiger partial charge in [-0.2, -0.15) is 0 Å². The highest BCUT2D eigenvalue weighted by molar-refractivity contribution is 5.81. The van der Waals surface area contributed by atoms with Gasteiger partial charge >= 0.3 is 0 Å². The molecule has 0 N–H and O–H groups in total. The predicted octanol–water partition coefficient (Wildman–Crippen LogP) is 16.8. The molecule has 2 aromatic carbocycles. The minimum atomic E-state index is 0.160. The average Bonchev–Trinajstić information content (AvgIpc) is 3.69. The second-order valence-electron chi connectivity index (χ2n) is 20.5. The van der Waals surface area contributed by atoms with Crippen molar-refractivity contribution in [2.75, 3.05) is 0 Å². The van der Waals surface area contributed by atoms with Crippen LogP contribution in [0.3, 0.4) is 0 Å². The Morgan fingerprint density at radius 3 is 0.769 bits per heavy atom. The number of benzene rings is 2. The van der Waals surface area contributed by atoms with Gasteiger partial charge in [-0.25, -0.2) is 0 Å². The molecule has 0 aliphatic heterocycles. The summed E-state index contributed by atoms with van der Waals surface area (Å²) in [6.07, 6.45) is 17.7. The molecular formula is C52H88. The van der Waals surface area contributed by atoms with E-state index in [2.05, 4.69) is 159 Å². The van der Waals surface area contributed by atoms with E-state index in [-0.39, 0.29) is 5.41 Å². The zero-order valence-electron chi connectivity index (χ0n) is 37.7. The highest BCUT2D eigenvalue weighted by atomic mass is 14.5. The van der Waals surface area contributed by atoms with Crippen LogP contribution < -0.4 is 0 Å². The number of hydrogen-bond acceptors (Lipinski definition) is 0. The van der Waals surface area contributed by atoms with Crippen molar-refractivity contribution in [1.82, 2.24) is 0 Å². The van der Waals surface area contributed by atoms with Crippen molar-refractivity contribution in [3.8, 4) is 11.1 Å². The van der Waals surface area contributed by atoms with Crippen LogP contribution in [0.4, 0.5) is 0 Å². The molecule has 0 bridgehead atoms. The first-order valence-electron chi connectivity index (χ1n) is 22.6. The van der Waals surface area contributed by atoms with Crippen molar-refractivity contribution in [2.24, 2.45) is 63.6 Å². The maximum absolute atomic E-state index is 2.41. The smallest absolute Gasteiger partial charge is 0.0261 e. The van der Waals surface area contributed by atoms with E-state index in [9.17, 15) is 0 Å². The molecule has 0 aromatic heterocycles. The van der Waals surface area contributed by atoms with E-state index in [0.29, 0.717) is 22.7 Å². The predicted molar refractivity (Wildman–Crippen MR) is 234 cm³/mol. The second-order valence-corrected chi connectivity index (χ2v) is 20.5. The molecule has 0 spiro atoms. The number of hydrogen-bond donors (Lipinski definition) is 0. The lowest BCUT2D eigenvalue weighted by molar-refractivity contribution is 0.0135. The molecule has 0 heterocycles. The van der Waals surface area contributed by atoms with Crippen molar-refractivity contribution in [3.05, 3.63) is 59.7 Å². The van der Waals surface area contributed by atoms with E-state index in [0.717, 1.165) is 40.9 Å². The third kappa shape index (κ3) is 8.78. The summed E-state index contributed by atoms with van der Waals surface area (Å²) in [6, 6.07) is 17.9. The monoisotopic (exact) mass is 713 g/mol. The van der Waals surface area contributed by atoms with Crippen LogP contribution in [-0.4, -0.2) is 0 Å². The molecular weight excluding hydrogens is 625 g/mol. The summed E-state index contributed by atoms with van der Waals surface area (Å²) in [5.41, 5.74) is 8.15. The van der Waals surface area contributed by atoms with Gasteiger partial charge in [-0.1, -0.05) is 198 Å². The maximum atomic E-state index is 2.41. The SMILES string of the molecule is CC(C)C1(C(C)C)CCC1.CC(C)C1(C(C)C)CCCC1.CC(C)C1(C(C)C)CCCCC1.CC(C)C1(C(C)C)c2ccccc2-c2ccccc21. The van der Waals surface area contributed by atoms with Gasteiger partial charge < -0.3 is 0 Å². The molecule has 0 atom stereocenters. The Balaban J connectivity index is 0.000000195. The van der Waals surface area contributed by atoms with E-state index in [1.165, 1.54) is 99.3 Å². The van der Waals surface area contributed by atoms with Crippen LogP contribution >= 0.6 is 0 Å². The van der Waals surface area contributed by atoms with Gasteiger partial charge in [-0.05, 0) is 124 Å². The molecule has 6 rings (SSSR count). The number of fused-ring (bicyclic) bond motifs is 3. The van der Waals surface area contributed by atoms with Gasteiger partial charge in [0, 0.05) is 5.41 Å². The molecule has 0 nitrogen and oxygen atoms in total. The summed E-state index contributed by atoms with van der Waals surface area (Å²) in [5, 5.41) is 0. The second kappa shape index (κ2) is 18.9. The first-order valence-corrected chi connectivity index (χ1v) is 22.6. The highest BCUT2D eigenvalue weighted by Crippen LogP contribution is 2.56. The van der Waals surface area contributed by atoms with Gasteiger partial charge in [-0.15, -0.1) is 0 Å². The quantitative estimate of drug-likeness (QED) is 0.256. The zero-order valence-corrected chi connectivity index (χ0v) is 37.7. The van der Waals surface area contributed by atoms with Crippen LogP contribution in [-0.2, 0) is 5.41 Å². The van der Waals surface area contributed by atoms with Crippen molar-refractivity contribution >= 4 is 0 Å². The topological polar surface area (TPSA) is 0 Å². The highest BCUT2D eigenvalue weighted by Gasteiger charge is 2.47.